The van der Waals surface area contributed by atoms with Crippen LogP contribution in [0.4, 0.5) is 0 Å². The molecular formula is C10H19NO4. The van der Waals surface area contributed by atoms with Crippen molar-refractivity contribution in [1.29, 1.82) is 0 Å². The van der Waals surface area contributed by atoms with Crippen LogP contribution in [0.1, 0.15) is 26.2 Å². The number of aliphatic hydroxyl groups is 2. The van der Waals surface area contributed by atoms with E-state index in [9.17, 15) is 15.0 Å². The number of nitrogens with one attached hydrogen (secondary N) is 1. The number of carboxylic acid groups (broad SMARTS) is 1. The Balaban J connectivity index is 2.24. The van der Waals surface area contributed by atoms with E-state index in [1.165, 1.54) is 6.92 Å². The van der Waals surface area contributed by atoms with Crippen LogP contribution in [0.15, 0.2) is 0 Å². The molecule has 0 aromatic carbocycles. The Hall–Kier alpha value is -0.650. The Morgan fingerprint density at radius 3 is 2.67 bits per heavy atom. The summed E-state index contributed by atoms with van der Waals surface area (Å²) in [6.07, 6.45) is 2.51. The molecule has 1 fully saturated rings. The molecule has 15 heavy (non-hydrogen) atoms. The third kappa shape index (κ3) is 3.44. The molecule has 1 aliphatic rings. The Kier molecular flexibility index (Phi) is 4.07. The van der Waals surface area contributed by atoms with Crippen LogP contribution in [0, 0.1) is 5.92 Å². The average Bonchev–Trinajstić information content (AvgIpc) is 2.51. The Morgan fingerprint density at radius 2 is 2.20 bits per heavy atom. The standard InChI is InChI=1S/C10H19NO4/c1-10(15,9(13)14)6-11-5-7-3-2-4-8(7)12/h7-8,11-12,15H,2-6H2,1H3,(H,13,14). The normalized spacial score (nSPS) is 30.1. The van der Waals surface area contributed by atoms with E-state index in [4.69, 9.17) is 5.11 Å². The first-order valence-corrected chi connectivity index (χ1v) is 5.28. The van der Waals surface area contributed by atoms with E-state index in [-0.39, 0.29) is 18.6 Å². The van der Waals surface area contributed by atoms with Gasteiger partial charge in [0.15, 0.2) is 5.60 Å². The molecule has 3 unspecified atom stereocenters. The molecule has 4 N–H and O–H groups in total. The molecule has 1 aliphatic carbocycles. The molecule has 0 heterocycles. The molecule has 0 amide bonds. The predicted molar refractivity (Wildman–Crippen MR) is 54.5 cm³/mol. The molecule has 0 radical (unpaired) electrons. The number of aliphatic carboxylic acids is 1. The molecule has 1 saturated carbocycles. The van der Waals surface area contributed by atoms with E-state index in [0.29, 0.717) is 6.54 Å². The van der Waals surface area contributed by atoms with E-state index in [1.54, 1.807) is 0 Å². The van der Waals surface area contributed by atoms with Crippen LogP contribution in [-0.4, -0.2) is 46.1 Å². The van der Waals surface area contributed by atoms with Gasteiger partial charge in [-0.05, 0) is 25.7 Å². The molecule has 5 heteroatoms. The first-order valence-electron chi connectivity index (χ1n) is 5.28. The van der Waals surface area contributed by atoms with Crippen LogP contribution in [0.25, 0.3) is 0 Å². The van der Waals surface area contributed by atoms with E-state index in [1.807, 2.05) is 0 Å². The van der Waals surface area contributed by atoms with Crippen LogP contribution >= 0.6 is 0 Å². The Labute approximate surface area is 89.1 Å². The lowest BCUT2D eigenvalue weighted by molar-refractivity contribution is -0.156. The van der Waals surface area contributed by atoms with Gasteiger partial charge in [-0.3, -0.25) is 0 Å². The van der Waals surface area contributed by atoms with Crippen molar-refractivity contribution in [2.24, 2.45) is 5.92 Å². The zero-order valence-corrected chi connectivity index (χ0v) is 8.94. The van der Waals surface area contributed by atoms with Crippen LogP contribution in [0.3, 0.4) is 0 Å². The Bertz CT molecular complexity index is 229. The van der Waals surface area contributed by atoms with E-state index >= 15 is 0 Å². The summed E-state index contributed by atoms with van der Waals surface area (Å²) in [7, 11) is 0. The van der Waals surface area contributed by atoms with Gasteiger partial charge in [-0.25, -0.2) is 4.79 Å². The summed E-state index contributed by atoms with van der Waals surface area (Å²) >= 11 is 0. The minimum absolute atomic E-state index is 0.00551. The van der Waals surface area contributed by atoms with Crippen LogP contribution in [0.2, 0.25) is 0 Å². The van der Waals surface area contributed by atoms with Gasteiger partial charge in [-0.2, -0.15) is 0 Å². The molecule has 0 spiro atoms. The van der Waals surface area contributed by atoms with Gasteiger partial charge in [-0.1, -0.05) is 6.42 Å². The molecule has 0 saturated heterocycles. The summed E-state index contributed by atoms with van der Waals surface area (Å²) in [6, 6.07) is 0. The van der Waals surface area contributed by atoms with Crippen molar-refractivity contribution in [3.05, 3.63) is 0 Å². The van der Waals surface area contributed by atoms with E-state index in [2.05, 4.69) is 5.32 Å². The van der Waals surface area contributed by atoms with E-state index in [0.717, 1.165) is 19.3 Å². The van der Waals surface area contributed by atoms with Gasteiger partial charge < -0.3 is 20.6 Å². The number of carboxylic acids is 1. The lowest BCUT2D eigenvalue weighted by atomic mass is 10.0. The second-order valence-electron chi connectivity index (χ2n) is 4.47. The summed E-state index contributed by atoms with van der Waals surface area (Å²) in [6.45, 7) is 1.82. The highest BCUT2D eigenvalue weighted by Gasteiger charge is 2.30. The molecule has 0 aliphatic heterocycles. The van der Waals surface area contributed by atoms with Crippen LogP contribution in [0.5, 0.6) is 0 Å². The topological polar surface area (TPSA) is 89.8 Å². The first-order chi connectivity index (χ1) is 6.93. The highest BCUT2D eigenvalue weighted by atomic mass is 16.4. The second kappa shape index (κ2) is 4.92. The van der Waals surface area contributed by atoms with Gasteiger partial charge in [0.2, 0.25) is 0 Å². The fourth-order valence-electron chi connectivity index (χ4n) is 1.83. The summed E-state index contributed by atoms with van der Waals surface area (Å²) in [5, 5.41) is 30.5. The van der Waals surface area contributed by atoms with Crippen molar-refractivity contribution in [3.8, 4) is 0 Å². The SMILES string of the molecule is CC(O)(CNCC1CCCC1O)C(=O)O. The smallest absolute Gasteiger partial charge is 0.336 e. The molecule has 0 aromatic heterocycles. The summed E-state index contributed by atoms with van der Waals surface area (Å²) < 4.78 is 0. The third-order valence-corrected chi connectivity index (χ3v) is 2.96. The van der Waals surface area contributed by atoms with Crippen molar-refractivity contribution in [3.63, 3.8) is 0 Å². The predicted octanol–water partition coefficient (Wildman–Crippen LogP) is -0.427. The number of hydrogen-bond acceptors (Lipinski definition) is 4. The minimum atomic E-state index is -1.73. The zero-order valence-electron chi connectivity index (χ0n) is 8.94. The van der Waals surface area contributed by atoms with Gasteiger partial charge >= 0.3 is 5.97 Å². The van der Waals surface area contributed by atoms with Gasteiger partial charge in [0.05, 0.1) is 6.10 Å². The van der Waals surface area contributed by atoms with Gasteiger partial charge in [-0.15, -0.1) is 0 Å². The monoisotopic (exact) mass is 217 g/mol. The fraction of sp³-hybridized carbons (Fsp3) is 0.900. The second-order valence-corrected chi connectivity index (χ2v) is 4.47. The molecule has 88 valence electrons. The van der Waals surface area contributed by atoms with Crippen LogP contribution < -0.4 is 5.32 Å². The highest BCUT2D eigenvalue weighted by Crippen LogP contribution is 2.24. The highest BCUT2D eigenvalue weighted by molar-refractivity contribution is 5.76. The Morgan fingerprint density at radius 1 is 1.53 bits per heavy atom. The minimum Gasteiger partial charge on any atom is -0.479 e. The van der Waals surface area contributed by atoms with Crippen molar-refractivity contribution in [1.82, 2.24) is 5.32 Å². The lowest BCUT2D eigenvalue weighted by Crippen LogP contribution is -2.46. The first kappa shape index (κ1) is 12.4. The quantitative estimate of drug-likeness (QED) is 0.502. The number of hydrogen-bond donors (Lipinski definition) is 4. The molecule has 5 nitrogen and oxygen atoms in total. The maximum atomic E-state index is 10.6. The summed E-state index contributed by atoms with van der Waals surface area (Å²) in [5.41, 5.74) is -1.73. The fourth-order valence-corrected chi connectivity index (χ4v) is 1.83. The number of rotatable bonds is 5. The molecular weight excluding hydrogens is 198 g/mol. The average molecular weight is 217 g/mol. The van der Waals surface area contributed by atoms with Gasteiger partial charge in [0.25, 0.3) is 0 Å². The van der Waals surface area contributed by atoms with Crippen molar-refractivity contribution >= 4 is 5.97 Å². The van der Waals surface area contributed by atoms with Crippen LogP contribution in [-0.2, 0) is 4.79 Å². The maximum Gasteiger partial charge on any atom is 0.336 e. The largest absolute Gasteiger partial charge is 0.479 e. The molecule has 3 atom stereocenters. The number of carbonyl (C=O) groups is 1. The summed E-state index contributed by atoms with van der Waals surface area (Å²) in [5.74, 6) is -1.04. The van der Waals surface area contributed by atoms with E-state index < -0.39 is 11.6 Å². The van der Waals surface area contributed by atoms with Crippen molar-refractivity contribution in [2.75, 3.05) is 13.1 Å². The molecule has 0 aromatic rings. The number of aliphatic hydroxyl groups excluding tert-OH is 1. The maximum absolute atomic E-state index is 10.6. The molecule has 1 rings (SSSR count). The lowest BCUT2D eigenvalue weighted by Gasteiger charge is -2.21. The van der Waals surface area contributed by atoms with Crippen molar-refractivity contribution in [2.45, 2.75) is 37.9 Å². The van der Waals surface area contributed by atoms with Crippen molar-refractivity contribution < 1.29 is 20.1 Å². The van der Waals surface area contributed by atoms with Gasteiger partial charge in [0.1, 0.15) is 0 Å². The zero-order chi connectivity index (χ0) is 11.5. The summed E-state index contributed by atoms with van der Waals surface area (Å²) in [4.78, 5) is 10.6. The van der Waals surface area contributed by atoms with Gasteiger partial charge in [0, 0.05) is 13.1 Å². The third-order valence-electron chi connectivity index (χ3n) is 2.96. The molecule has 0 bridgehead atoms.